The number of para-hydroxylation sites is 1. The maximum Gasteiger partial charge on any atom is 0.255 e. The molecule has 27 heavy (non-hydrogen) atoms. The number of anilines is 1. The van der Waals surface area contributed by atoms with Crippen LogP contribution in [-0.4, -0.2) is 52.5 Å². The first-order chi connectivity index (χ1) is 12.8. The zero-order valence-corrected chi connectivity index (χ0v) is 17.0. The molecule has 0 aromatic heterocycles. The normalized spacial score (nSPS) is 15.1. The molecule has 144 valence electrons. The zero-order valence-electron chi connectivity index (χ0n) is 14.7. The van der Waals surface area contributed by atoms with Crippen LogP contribution in [-0.2, 0) is 10.0 Å². The van der Waals surface area contributed by atoms with Crippen molar-refractivity contribution in [2.45, 2.75) is 4.90 Å². The SMILES string of the molecule is CNS(=O)(=O)c1ccc(Cl)c(C(=O)N2CCN(c3ccccc3Cl)CC2)c1. The highest BCUT2D eigenvalue weighted by molar-refractivity contribution is 7.89. The lowest BCUT2D eigenvalue weighted by Gasteiger charge is -2.36. The molecule has 0 aliphatic carbocycles. The molecule has 1 heterocycles. The molecule has 9 heteroatoms. The molecule has 3 rings (SSSR count). The second-order valence-electron chi connectivity index (χ2n) is 6.08. The van der Waals surface area contributed by atoms with Crippen LogP contribution in [0.25, 0.3) is 0 Å². The van der Waals surface area contributed by atoms with Crippen LogP contribution >= 0.6 is 23.2 Å². The van der Waals surface area contributed by atoms with E-state index >= 15 is 0 Å². The Morgan fingerprint density at radius 3 is 2.30 bits per heavy atom. The number of benzene rings is 2. The van der Waals surface area contributed by atoms with Crippen LogP contribution in [0, 0.1) is 0 Å². The number of hydrogen-bond acceptors (Lipinski definition) is 4. The molecule has 6 nitrogen and oxygen atoms in total. The summed E-state index contributed by atoms with van der Waals surface area (Å²) in [7, 11) is -2.33. The number of halogens is 2. The van der Waals surface area contributed by atoms with Crippen LogP contribution in [0.5, 0.6) is 0 Å². The van der Waals surface area contributed by atoms with E-state index in [1.807, 2.05) is 24.3 Å². The Kier molecular flexibility index (Phi) is 5.95. The summed E-state index contributed by atoms with van der Waals surface area (Å²) in [6.45, 7) is 2.23. The third kappa shape index (κ3) is 4.21. The number of hydrogen-bond donors (Lipinski definition) is 1. The first kappa shape index (κ1) is 19.9. The van der Waals surface area contributed by atoms with Crippen molar-refractivity contribution in [3.05, 3.63) is 58.1 Å². The van der Waals surface area contributed by atoms with Crippen LogP contribution in [0.4, 0.5) is 5.69 Å². The minimum Gasteiger partial charge on any atom is -0.367 e. The number of sulfonamides is 1. The van der Waals surface area contributed by atoms with Gasteiger partial charge in [0, 0.05) is 26.2 Å². The second-order valence-corrected chi connectivity index (χ2v) is 8.78. The van der Waals surface area contributed by atoms with E-state index in [2.05, 4.69) is 9.62 Å². The van der Waals surface area contributed by atoms with Crippen LogP contribution in [0.1, 0.15) is 10.4 Å². The van der Waals surface area contributed by atoms with Gasteiger partial charge in [-0.3, -0.25) is 4.79 Å². The Morgan fingerprint density at radius 2 is 1.67 bits per heavy atom. The van der Waals surface area contributed by atoms with E-state index < -0.39 is 10.0 Å². The standard InChI is InChI=1S/C18H19Cl2N3O3S/c1-21-27(25,26)13-6-7-15(19)14(12-13)18(24)23-10-8-22(9-11-23)17-5-3-2-4-16(17)20/h2-7,12,21H,8-11H2,1H3. The van der Waals surface area contributed by atoms with Gasteiger partial charge < -0.3 is 9.80 Å². The van der Waals surface area contributed by atoms with E-state index in [0.717, 1.165) is 5.69 Å². The van der Waals surface area contributed by atoms with Gasteiger partial charge in [0.15, 0.2) is 0 Å². The Morgan fingerprint density at radius 1 is 1.00 bits per heavy atom. The van der Waals surface area contributed by atoms with Crippen molar-refractivity contribution in [2.75, 3.05) is 38.1 Å². The van der Waals surface area contributed by atoms with Gasteiger partial charge in [-0.15, -0.1) is 0 Å². The van der Waals surface area contributed by atoms with Crippen molar-refractivity contribution >= 4 is 44.8 Å². The van der Waals surface area contributed by atoms with Gasteiger partial charge in [0.1, 0.15) is 0 Å². The molecule has 0 radical (unpaired) electrons. The lowest BCUT2D eigenvalue weighted by Crippen LogP contribution is -2.49. The molecule has 1 fully saturated rings. The first-order valence-electron chi connectivity index (χ1n) is 8.35. The number of nitrogens with zero attached hydrogens (tertiary/aromatic N) is 2. The average Bonchev–Trinajstić information content (AvgIpc) is 2.68. The lowest BCUT2D eigenvalue weighted by atomic mass is 10.1. The molecule has 1 aliphatic heterocycles. The molecule has 0 unspecified atom stereocenters. The lowest BCUT2D eigenvalue weighted by molar-refractivity contribution is 0.0746. The monoisotopic (exact) mass is 427 g/mol. The average molecular weight is 428 g/mol. The largest absolute Gasteiger partial charge is 0.367 e. The molecule has 2 aromatic rings. The number of rotatable bonds is 4. The van der Waals surface area contributed by atoms with Gasteiger partial charge >= 0.3 is 0 Å². The molecule has 1 saturated heterocycles. The van der Waals surface area contributed by atoms with Crippen molar-refractivity contribution < 1.29 is 13.2 Å². The Balaban J connectivity index is 1.77. The minimum absolute atomic E-state index is 0.00690. The van der Waals surface area contributed by atoms with E-state index in [1.54, 1.807) is 4.90 Å². The van der Waals surface area contributed by atoms with Crippen molar-refractivity contribution in [1.82, 2.24) is 9.62 Å². The van der Waals surface area contributed by atoms with Gasteiger partial charge in [-0.2, -0.15) is 0 Å². The summed E-state index contributed by atoms with van der Waals surface area (Å²) in [4.78, 5) is 16.7. The van der Waals surface area contributed by atoms with E-state index in [9.17, 15) is 13.2 Å². The predicted octanol–water partition coefficient (Wildman–Crippen LogP) is 2.86. The highest BCUT2D eigenvalue weighted by Crippen LogP contribution is 2.27. The topological polar surface area (TPSA) is 69.7 Å². The minimum atomic E-state index is -3.65. The van der Waals surface area contributed by atoms with E-state index in [4.69, 9.17) is 23.2 Å². The van der Waals surface area contributed by atoms with E-state index in [0.29, 0.717) is 31.2 Å². The van der Waals surface area contributed by atoms with Gasteiger partial charge in [-0.1, -0.05) is 35.3 Å². The summed E-state index contributed by atoms with van der Waals surface area (Å²) in [5, 5.41) is 0.897. The Labute approximate surface area is 168 Å². The van der Waals surface area contributed by atoms with Gasteiger partial charge in [0.25, 0.3) is 5.91 Å². The van der Waals surface area contributed by atoms with Crippen molar-refractivity contribution in [2.24, 2.45) is 0 Å². The Bertz CT molecular complexity index is 958. The van der Waals surface area contributed by atoms with Crippen LogP contribution in [0.2, 0.25) is 10.0 Å². The molecular formula is C18H19Cl2N3O3S. The van der Waals surface area contributed by atoms with Crippen LogP contribution in [0.15, 0.2) is 47.4 Å². The maximum atomic E-state index is 12.9. The number of amides is 1. The molecule has 0 bridgehead atoms. The maximum absolute atomic E-state index is 12.9. The van der Waals surface area contributed by atoms with Crippen molar-refractivity contribution in [1.29, 1.82) is 0 Å². The summed E-state index contributed by atoms with van der Waals surface area (Å²) in [5.41, 5.74) is 1.12. The molecule has 0 saturated carbocycles. The van der Waals surface area contributed by atoms with Crippen molar-refractivity contribution in [3.63, 3.8) is 0 Å². The fourth-order valence-corrected chi connectivity index (χ4v) is 4.19. The highest BCUT2D eigenvalue weighted by atomic mass is 35.5. The number of carbonyl (C=O) groups excluding carboxylic acids is 1. The van der Waals surface area contributed by atoms with Gasteiger partial charge in [0.05, 0.1) is 26.2 Å². The van der Waals surface area contributed by atoms with Gasteiger partial charge in [-0.05, 0) is 37.4 Å². The van der Waals surface area contributed by atoms with Crippen molar-refractivity contribution in [3.8, 4) is 0 Å². The first-order valence-corrected chi connectivity index (χ1v) is 10.6. The van der Waals surface area contributed by atoms with E-state index in [-0.39, 0.29) is 21.4 Å². The molecule has 0 atom stereocenters. The van der Waals surface area contributed by atoms with Gasteiger partial charge in [-0.25, -0.2) is 13.1 Å². The van der Waals surface area contributed by atoms with Crippen LogP contribution < -0.4 is 9.62 Å². The number of piperazine rings is 1. The summed E-state index contributed by atoms with van der Waals surface area (Å²) in [5.74, 6) is -0.285. The zero-order chi connectivity index (χ0) is 19.6. The fourth-order valence-electron chi connectivity index (χ4n) is 2.98. The van der Waals surface area contributed by atoms with Gasteiger partial charge in [0.2, 0.25) is 10.0 Å². The predicted molar refractivity (Wildman–Crippen MR) is 107 cm³/mol. The smallest absolute Gasteiger partial charge is 0.255 e. The molecule has 1 amide bonds. The molecule has 1 N–H and O–H groups in total. The summed E-state index contributed by atoms with van der Waals surface area (Å²) < 4.78 is 26.2. The summed E-state index contributed by atoms with van der Waals surface area (Å²) in [6.07, 6.45) is 0. The molecule has 2 aromatic carbocycles. The third-order valence-electron chi connectivity index (χ3n) is 4.51. The Hall–Kier alpha value is -1.80. The second kappa shape index (κ2) is 8.06. The van der Waals surface area contributed by atoms with Crippen LogP contribution in [0.3, 0.4) is 0 Å². The summed E-state index contributed by atoms with van der Waals surface area (Å²) in [6, 6.07) is 11.7. The fraction of sp³-hybridized carbons (Fsp3) is 0.278. The quantitative estimate of drug-likeness (QED) is 0.813. The third-order valence-corrected chi connectivity index (χ3v) is 6.57. The highest BCUT2D eigenvalue weighted by Gasteiger charge is 2.26. The van der Waals surface area contributed by atoms with E-state index in [1.165, 1.54) is 25.2 Å². The summed E-state index contributed by atoms with van der Waals surface area (Å²) >= 11 is 12.4. The molecule has 1 aliphatic rings. The molecular weight excluding hydrogens is 409 g/mol. The number of nitrogens with one attached hydrogen (secondary N) is 1. The number of carbonyl (C=O) groups is 1. The molecule has 0 spiro atoms.